The van der Waals surface area contributed by atoms with Gasteiger partial charge < -0.3 is 9.88 Å². The van der Waals surface area contributed by atoms with E-state index in [0.717, 1.165) is 48.6 Å². The second-order valence-electron chi connectivity index (χ2n) is 8.95. The molecule has 4 rings (SSSR count). The lowest BCUT2D eigenvalue weighted by Crippen LogP contribution is -2.30. The van der Waals surface area contributed by atoms with Crippen LogP contribution in [0.5, 0.6) is 0 Å². The van der Waals surface area contributed by atoms with Crippen LogP contribution in [0.4, 0.5) is 5.69 Å². The zero-order chi connectivity index (χ0) is 25.2. The van der Waals surface area contributed by atoms with Crippen LogP contribution >= 0.6 is 0 Å². The van der Waals surface area contributed by atoms with Crippen molar-refractivity contribution in [3.8, 4) is 11.4 Å². The highest BCUT2D eigenvalue weighted by molar-refractivity contribution is 7.89. The van der Waals surface area contributed by atoms with Crippen molar-refractivity contribution < 1.29 is 13.2 Å². The van der Waals surface area contributed by atoms with Crippen molar-refractivity contribution in [1.82, 2.24) is 19.1 Å². The summed E-state index contributed by atoms with van der Waals surface area (Å²) in [6, 6.07) is 10.6. The van der Waals surface area contributed by atoms with E-state index >= 15 is 0 Å². The number of rotatable bonds is 7. The van der Waals surface area contributed by atoms with Crippen LogP contribution < -0.4 is 5.32 Å². The van der Waals surface area contributed by atoms with E-state index in [4.69, 9.17) is 0 Å². The first-order valence-corrected chi connectivity index (χ1v) is 13.7. The lowest BCUT2D eigenvalue weighted by molar-refractivity contribution is 0.102. The number of benzene rings is 2. The number of hydrogen-bond donors (Lipinski definition) is 1. The molecule has 1 aliphatic rings. The highest BCUT2D eigenvalue weighted by Crippen LogP contribution is 2.28. The van der Waals surface area contributed by atoms with Crippen molar-refractivity contribution in [2.24, 2.45) is 0 Å². The lowest BCUT2D eigenvalue weighted by Gasteiger charge is -2.19. The molecule has 0 atom stereocenters. The van der Waals surface area contributed by atoms with Gasteiger partial charge in [0.25, 0.3) is 5.91 Å². The Bertz CT molecular complexity index is 1340. The number of nitrogens with one attached hydrogen (secondary N) is 1. The molecule has 1 amide bonds. The summed E-state index contributed by atoms with van der Waals surface area (Å²) in [6.07, 6.45) is 4.32. The second kappa shape index (κ2) is 10.3. The topological polar surface area (TPSA) is 97.2 Å². The number of fused-ring (bicyclic) bond motifs is 1. The SMILES string of the molecule is CCN(CC)S(=O)(=O)c1ccc(C)c(C(=O)Nc2cc(-c3nnc4n3CCCCC4)ccc2C)c1. The van der Waals surface area contributed by atoms with Gasteiger partial charge in [0.05, 0.1) is 4.90 Å². The average Bonchev–Trinajstić information content (AvgIpc) is 3.09. The van der Waals surface area contributed by atoms with E-state index in [1.807, 2.05) is 25.1 Å². The number of amides is 1. The maximum Gasteiger partial charge on any atom is 0.255 e. The fourth-order valence-electron chi connectivity index (χ4n) is 4.50. The molecule has 186 valence electrons. The molecule has 9 heteroatoms. The Balaban J connectivity index is 1.65. The van der Waals surface area contributed by atoms with Crippen molar-refractivity contribution in [3.05, 3.63) is 58.9 Å². The molecule has 1 aliphatic heterocycles. The van der Waals surface area contributed by atoms with Crippen LogP contribution in [0.1, 0.15) is 60.4 Å². The number of anilines is 1. The summed E-state index contributed by atoms with van der Waals surface area (Å²) in [5, 5.41) is 11.8. The van der Waals surface area contributed by atoms with Gasteiger partial charge in [0, 0.05) is 42.9 Å². The Morgan fingerprint density at radius 2 is 1.74 bits per heavy atom. The van der Waals surface area contributed by atoms with Crippen LogP contribution in [0, 0.1) is 13.8 Å². The molecule has 1 N–H and O–H groups in total. The molecule has 0 aliphatic carbocycles. The van der Waals surface area contributed by atoms with Gasteiger partial charge >= 0.3 is 0 Å². The molecule has 3 aromatic rings. The molecule has 0 spiro atoms. The van der Waals surface area contributed by atoms with Crippen molar-refractivity contribution >= 4 is 21.6 Å². The third-order valence-electron chi connectivity index (χ3n) is 6.65. The molecular formula is C26H33N5O3S. The maximum atomic E-state index is 13.3. The Labute approximate surface area is 207 Å². The molecule has 8 nitrogen and oxygen atoms in total. The van der Waals surface area contributed by atoms with Gasteiger partial charge in [-0.2, -0.15) is 4.31 Å². The predicted octanol–water partition coefficient (Wildman–Crippen LogP) is 4.57. The molecule has 0 unspecified atom stereocenters. The van der Waals surface area contributed by atoms with Gasteiger partial charge in [-0.3, -0.25) is 4.79 Å². The summed E-state index contributed by atoms with van der Waals surface area (Å²) in [7, 11) is -3.67. The van der Waals surface area contributed by atoms with Gasteiger partial charge in [-0.15, -0.1) is 10.2 Å². The van der Waals surface area contributed by atoms with Crippen LogP contribution in [0.2, 0.25) is 0 Å². The molecule has 2 heterocycles. The summed E-state index contributed by atoms with van der Waals surface area (Å²) >= 11 is 0. The van der Waals surface area contributed by atoms with Crippen molar-refractivity contribution in [1.29, 1.82) is 0 Å². The van der Waals surface area contributed by atoms with Crippen LogP contribution in [-0.4, -0.2) is 46.5 Å². The standard InChI is InChI=1S/C26H33N5O3S/c1-5-30(6-2)35(33,34)21-14-12-18(3)22(17-21)26(32)27-23-16-20(13-11-19(23)4)25-29-28-24-10-8-7-9-15-31(24)25/h11-14,16-17H,5-10,15H2,1-4H3,(H,27,32). The Morgan fingerprint density at radius 3 is 2.49 bits per heavy atom. The normalized spacial score (nSPS) is 14.0. The fourth-order valence-corrected chi connectivity index (χ4v) is 5.99. The van der Waals surface area contributed by atoms with E-state index in [2.05, 4.69) is 20.1 Å². The first kappa shape index (κ1) is 25.1. The minimum Gasteiger partial charge on any atom is -0.322 e. The number of hydrogen-bond acceptors (Lipinski definition) is 5. The van der Waals surface area contributed by atoms with Crippen LogP contribution in [0.15, 0.2) is 41.3 Å². The number of carbonyl (C=O) groups excluding carboxylic acids is 1. The molecule has 0 fully saturated rings. The zero-order valence-corrected chi connectivity index (χ0v) is 21.7. The molecular weight excluding hydrogens is 462 g/mol. The van der Waals surface area contributed by atoms with Gasteiger partial charge in [0.15, 0.2) is 5.82 Å². The van der Waals surface area contributed by atoms with Crippen molar-refractivity contribution in [2.45, 2.75) is 64.8 Å². The Morgan fingerprint density at radius 1 is 1.00 bits per heavy atom. The highest BCUT2D eigenvalue weighted by atomic mass is 32.2. The van der Waals surface area contributed by atoms with Crippen LogP contribution in [0.25, 0.3) is 11.4 Å². The first-order chi connectivity index (χ1) is 16.8. The average molecular weight is 496 g/mol. The highest BCUT2D eigenvalue weighted by Gasteiger charge is 2.24. The number of aryl methyl sites for hydroxylation is 3. The molecule has 0 saturated heterocycles. The zero-order valence-electron chi connectivity index (χ0n) is 20.8. The summed E-state index contributed by atoms with van der Waals surface area (Å²) in [5.74, 6) is 1.46. The minimum atomic E-state index is -3.67. The first-order valence-electron chi connectivity index (χ1n) is 12.2. The van der Waals surface area contributed by atoms with E-state index in [1.54, 1.807) is 32.9 Å². The largest absolute Gasteiger partial charge is 0.322 e. The molecule has 0 bridgehead atoms. The van der Waals surface area contributed by atoms with Gasteiger partial charge in [-0.25, -0.2) is 8.42 Å². The third kappa shape index (κ3) is 5.01. The fraction of sp³-hybridized carbons (Fsp3) is 0.423. The summed E-state index contributed by atoms with van der Waals surface area (Å²) < 4.78 is 29.5. The monoisotopic (exact) mass is 495 g/mol. The van der Waals surface area contributed by atoms with E-state index in [9.17, 15) is 13.2 Å². The minimum absolute atomic E-state index is 0.119. The number of sulfonamides is 1. The van der Waals surface area contributed by atoms with Crippen LogP contribution in [-0.2, 0) is 23.0 Å². The van der Waals surface area contributed by atoms with Crippen LogP contribution in [0.3, 0.4) is 0 Å². The maximum absolute atomic E-state index is 13.3. The molecule has 0 radical (unpaired) electrons. The summed E-state index contributed by atoms with van der Waals surface area (Å²) in [4.78, 5) is 13.4. The van der Waals surface area contributed by atoms with Crippen molar-refractivity contribution in [3.63, 3.8) is 0 Å². The van der Waals surface area contributed by atoms with E-state index in [-0.39, 0.29) is 10.8 Å². The van der Waals surface area contributed by atoms with E-state index in [1.165, 1.54) is 16.8 Å². The summed E-state index contributed by atoms with van der Waals surface area (Å²) in [5.41, 5.74) is 3.50. The quantitative estimate of drug-likeness (QED) is 0.518. The molecule has 0 saturated carbocycles. The predicted molar refractivity (Wildman–Crippen MR) is 137 cm³/mol. The smallest absolute Gasteiger partial charge is 0.255 e. The van der Waals surface area contributed by atoms with E-state index in [0.29, 0.717) is 29.9 Å². The van der Waals surface area contributed by atoms with Gasteiger partial charge in [0.1, 0.15) is 5.82 Å². The molecule has 2 aromatic carbocycles. The molecule has 35 heavy (non-hydrogen) atoms. The Hall–Kier alpha value is -3.04. The van der Waals surface area contributed by atoms with E-state index < -0.39 is 10.0 Å². The van der Waals surface area contributed by atoms with Gasteiger partial charge in [0.2, 0.25) is 10.0 Å². The summed E-state index contributed by atoms with van der Waals surface area (Å²) in [6.45, 7) is 8.95. The Kier molecular flexibility index (Phi) is 7.37. The van der Waals surface area contributed by atoms with Crippen molar-refractivity contribution in [2.75, 3.05) is 18.4 Å². The van der Waals surface area contributed by atoms with Gasteiger partial charge in [-0.1, -0.05) is 38.5 Å². The third-order valence-corrected chi connectivity index (χ3v) is 8.70. The number of carbonyl (C=O) groups is 1. The number of aromatic nitrogens is 3. The van der Waals surface area contributed by atoms with Gasteiger partial charge in [-0.05, 0) is 56.0 Å². The second-order valence-corrected chi connectivity index (χ2v) is 10.9. The lowest BCUT2D eigenvalue weighted by atomic mass is 10.1. The molecule has 1 aromatic heterocycles. The number of nitrogens with zero attached hydrogens (tertiary/aromatic N) is 4.